The quantitative estimate of drug-likeness (QED) is 0.645. The first-order chi connectivity index (χ1) is 11.4. The molecule has 0 atom stereocenters. The number of carbonyl (C=O) groups excluding carboxylic acids is 2. The van der Waals surface area contributed by atoms with Gasteiger partial charge in [0.1, 0.15) is 5.03 Å². The molecule has 2 N–H and O–H groups in total. The lowest BCUT2D eigenvalue weighted by Crippen LogP contribution is -2.42. The highest BCUT2D eigenvalue weighted by Gasteiger charge is 2.10. The van der Waals surface area contributed by atoms with Crippen molar-refractivity contribution in [3.63, 3.8) is 0 Å². The summed E-state index contributed by atoms with van der Waals surface area (Å²) in [6.45, 7) is 7.97. The molecule has 1 aromatic carbocycles. The number of rotatable bonds is 5. The van der Waals surface area contributed by atoms with E-state index in [1.807, 2.05) is 0 Å². The van der Waals surface area contributed by atoms with E-state index in [4.69, 9.17) is 4.98 Å². The van der Waals surface area contributed by atoms with E-state index in [1.54, 1.807) is 6.92 Å². The Hall–Kier alpha value is -2.08. The lowest BCUT2D eigenvalue weighted by Gasteiger charge is -2.11. The normalized spacial score (nSPS) is 10.7. The van der Waals surface area contributed by atoms with Gasteiger partial charge in [-0.1, -0.05) is 25.6 Å². The number of fused-ring (bicyclic) bond motifs is 1. The maximum Gasteiger partial charge on any atom is 0.248 e. The Morgan fingerprint density at radius 3 is 2.38 bits per heavy atom. The molecule has 0 spiro atoms. The van der Waals surface area contributed by atoms with E-state index in [2.05, 4.69) is 49.8 Å². The van der Waals surface area contributed by atoms with Gasteiger partial charge in [0.15, 0.2) is 0 Å². The molecule has 2 amide bonds. The molecule has 0 bridgehead atoms. The molecule has 2 aromatic rings. The number of carbonyl (C=O) groups is 2. The van der Waals surface area contributed by atoms with Gasteiger partial charge in [-0.05, 0) is 55.2 Å². The number of amides is 2. The summed E-state index contributed by atoms with van der Waals surface area (Å²) in [6, 6.07) is 6.38. The van der Waals surface area contributed by atoms with Crippen LogP contribution in [0.5, 0.6) is 0 Å². The summed E-state index contributed by atoms with van der Waals surface area (Å²) in [7, 11) is 0. The second-order valence-corrected chi connectivity index (χ2v) is 6.64. The Morgan fingerprint density at radius 2 is 1.71 bits per heavy atom. The summed E-state index contributed by atoms with van der Waals surface area (Å²) < 4.78 is 0. The van der Waals surface area contributed by atoms with Crippen LogP contribution in [0.2, 0.25) is 0 Å². The molecule has 0 fully saturated rings. The van der Waals surface area contributed by atoms with Gasteiger partial charge in [0.25, 0.3) is 0 Å². The topological polar surface area (TPSA) is 71.1 Å². The molecule has 1 heterocycles. The fourth-order valence-corrected chi connectivity index (χ4v) is 3.13. The molecule has 0 unspecified atom stereocenters. The zero-order chi connectivity index (χ0) is 17.7. The number of pyridine rings is 1. The van der Waals surface area contributed by atoms with Crippen LogP contribution in [0.25, 0.3) is 10.9 Å². The average Bonchev–Trinajstić information content (AvgIpc) is 2.58. The number of nitrogens with one attached hydrogen (secondary N) is 2. The smallest absolute Gasteiger partial charge is 0.248 e. The second kappa shape index (κ2) is 8.15. The van der Waals surface area contributed by atoms with Crippen molar-refractivity contribution < 1.29 is 9.59 Å². The molecule has 1 aromatic heterocycles. The third kappa shape index (κ3) is 4.47. The maximum atomic E-state index is 11.8. The van der Waals surface area contributed by atoms with Crippen LogP contribution >= 0.6 is 11.8 Å². The fraction of sp³-hybridized carbons (Fsp3) is 0.389. The molecule has 0 aliphatic heterocycles. The van der Waals surface area contributed by atoms with Gasteiger partial charge >= 0.3 is 0 Å². The van der Waals surface area contributed by atoms with Crippen molar-refractivity contribution in [2.45, 2.75) is 45.6 Å². The lowest BCUT2D eigenvalue weighted by atomic mass is 10.0. The molecule has 0 aliphatic rings. The van der Waals surface area contributed by atoms with E-state index < -0.39 is 0 Å². The number of hydrogen-bond acceptors (Lipinski definition) is 4. The molecule has 0 saturated carbocycles. The Labute approximate surface area is 146 Å². The first kappa shape index (κ1) is 18.3. The molecule has 128 valence electrons. The summed E-state index contributed by atoms with van der Waals surface area (Å²) in [5, 5.41) is 1.99. The summed E-state index contributed by atoms with van der Waals surface area (Å²) in [5.74, 6) is -0.247. The number of thioether (sulfide) groups is 1. The number of aryl methyl sites for hydroxylation is 3. The first-order valence-corrected chi connectivity index (χ1v) is 9.04. The lowest BCUT2D eigenvalue weighted by molar-refractivity contribution is -0.127. The van der Waals surface area contributed by atoms with Crippen LogP contribution in [-0.2, 0) is 16.0 Å². The van der Waals surface area contributed by atoms with Crippen molar-refractivity contribution in [1.82, 2.24) is 15.8 Å². The molecule has 24 heavy (non-hydrogen) atoms. The van der Waals surface area contributed by atoms with E-state index in [9.17, 15) is 9.59 Å². The van der Waals surface area contributed by atoms with Gasteiger partial charge in [-0.3, -0.25) is 20.4 Å². The van der Waals surface area contributed by atoms with Crippen molar-refractivity contribution in [2.75, 3.05) is 5.75 Å². The predicted molar refractivity (Wildman–Crippen MR) is 97.9 cm³/mol. The predicted octanol–water partition coefficient (Wildman–Crippen LogP) is 3.06. The van der Waals surface area contributed by atoms with Crippen LogP contribution in [0.4, 0.5) is 0 Å². The number of nitrogens with zero attached hydrogens (tertiary/aromatic N) is 1. The Kier molecular flexibility index (Phi) is 6.20. The standard InChI is InChI=1S/C18H23N3O2S/c1-5-13-9-14-7-11(3)12(4)8-15(14)19-18(13)24-10-17(23)21-20-16(22)6-2/h7-9H,5-6,10H2,1-4H3,(H,20,22)(H,21,23). The Morgan fingerprint density at radius 1 is 1.04 bits per heavy atom. The highest BCUT2D eigenvalue weighted by atomic mass is 32.2. The second-order valence-electron chi connectivity index (χ2n) is 5.67. The maximum absolute atomic E-state index is 11.8. The molecular formula is C18H23N3O2S. The minimum absolute atomic E-state index is 0.209. The monoisotopic (exact) mass is 345 g/mol. The summed E-state index contributed by atoms with van der Waals surface area (Å²) >= 11 is 1.39. The van der Waals surface area contributed by atoms with Crippen molar-refractivity contribution in [2.24, 2.45) is 0 Å². The Bertz CT molecular complexity index is 774. The minimum atomic E-state index is -0.245. The minimum Gasteiger partial charge on any atom is -0.273 e. The number of aromatic nitrogens is 1. The van der Waals surface area contributed by atoms with Gasteiger partial charge in [-0.15, -0.1) is 0 Å². The van der Waals surface area contributed by atoms with Crippen LogP contribution in [0, 0.1) is 13.8 Å². The van der Waals surface area contributed by atoms with Gasteiger partial charge in [0.2, 0.25) is 11.8 Å². The highest BCUT2D eigenvalue weighted by molar-refractivity contribution is 7.99. The van der Waals surface area contributed by atoms with Gasteiger partial charge in [0, 0.05) is 11.8 Å². The SMILES string of the molecule is CCC(=O)NNC(=O)CSc1nc2cc(C)c(C)cc2cc1CC. The van der Waals surface area contributed by atoms with E-state index in [0.29, 0.717) is 6.42 Å². The first-order valence-electron chi connectivity index (χ1n) is 8.06. The summed E-state index contributed by atoms with van der Waals surface area (Å²) in [6.07, 6.45) is 1.19. The number of benzene rings is 1. The van der Waals surface area contributed by atoms with E-state index in [1.165, 1.54) is 22.9 Å². The molecular weight excluding hydrogens is 322 g/mol. The third-order valence-electron chi connectivity index (χ3n) is 3.85. The van der Waals surface area contributed by atoms with Gasteiger partial charge in [-0.25, -0.2) is 4.98 Å². The highest BCUT2D eigenvalue weighted by Crippen LogP contribution is 2.27. The molecule has 0 radical (unpaired) electrons. The van der Waals surface area contributed by atoms with Crippen molar-refractivity contribution in [1.29, 1.82) is 0 Å². The summed E-state index contributed by atoms with van der Waals surface area (Å²) in [4.78, 5) is 27.7. The Balaban J connectivity index is 2.14. The van der Waals surface area contributed by atoms with Crippen LogP contribution in [0.15, 0.2) is 23.2 Å². The van der Waals surface area contributed by atoms with Crippen LogP contribution < -0.4 is 10.9 Å². The molecule has 0 saturated heterocycles. The van der Waals surface area contributed by atoms with E-state index in [0.717, 1.165) is 27.9 Å². The van der Waals surface area contributed by atoms with Gasteiger partial charge < -0.3 is 0 Å². The zero-order valence-electron chi connectivity index (χ0n) is 14.5. The zero-order valence-corrected chi connectivity index (χ0v) is 15.3. The largest absolute Gasteiger partial charge is 0.273 e. The van der Waals surface area contributed by atoms with Crippen molar-refractivity contribution >= 4 is 34.5 Å². The summed E-state index contributed by atoms with van der Waals surface area (Å²) in [5.41, 5.74) is 9.30. The number of hydrogen-bond donors (Lipinski definition) is 2. The van der Waals surface area contributed by atoms with Gasteiger partial charge in [-0.2, -0.15) is 0 Å². The molecule has 0 aliphatic carbocycles. The van der Waals surface area contributed by atoms with E-state index >= 15 is 0 Å². The third-order valence-corrected chi connectivity index (χ3v) is 4.89. The molecule has 6 heteroatoms. The fourth-order valence-electron chi connectivity index (χ4n) is 2.24. The van der Waals surface area contributed by atoms with Crippen LogP contribution in [0.3, 0.4) is 0 Å². The van der Waals surface area contributed by atoms with Gasteiger partial charge in [0.05, 0.1) is 11.3 Å². The average molecular weight is 345 g/mol. The van der Waals surface area contributed by atoms with Crippen molar-refractivity contribution in [3.8, 4) is 0 Å². The van der Waals surface area contributed by atoms with Crippen molar-refractivity contribution in [3.05, 3.63) is 34.9 Å². The van der Waals surface area contributed by atoms with Crippen LogP contribution in [0.1, 0.15) is 37.0 Å². The molecule has 5 nitrogen and oxygen atoms in total. The van der Waals surface area contributed by atoms with Crippen LogP contribution in [-0.4, -0.2) is 22.6 Å². The number of hydrazine groups is 1. The molecule has 2 rings (SSSR count). The van der Waals surface area contributed by atoms with E-state index in [-0.39, 0.29) is 17.6 Å².